The highest BCUT2D eigenvalue weighted by atomic mass is 16.7. The van der Waals surface area contributed by atoms with Crippen molar-refractivity contribution in [1.82, 2.24) is 10.2 Å². The first kappa shape index (κ1) is 14.0. The number of fused-ring (bicyclic) bond motifs is 1. The van der Waals surface area contributed by atoms with Crippen molar-refractivity contribution in [1.29, 1.82) is 0 Å². The molecular formula is C16H23N3O2. The average Bonchev–Trinajstić information content (AvgIpc) is 2.95. The summed E-state index contributed by atoms with van der Waals surface area (Å²) < 4.78 is 10.7. The zero-order chi connectivity index (χ0) is 14.7. The summed E-state index contributed by atoms with van der Waals surface area (Å²) in [7, 11) is 1.85. The highest BCUT2D eigenvalue weighted by Crippen LogP contribution is 2.32. The van der Waals surface area contributed by atoms with Crippen LogP contribution in [0.25, 0.3) is 0 Å². The fourth-order valence-corrected chi connectivity index (χ4v) is 2.95. The van der Waals surface area contributed by atoms with Crippen LogP contribution in [0.1, 0.15) is 25.3 Å². The maximum Gasteiger partial charge on any atom is 0.231 e. The molecule has 0 aliphatic carbocycles. The molecule has 1 saturated heterocycles. The number of aliphatic imine (C=N–C) groups is 1. The lowest BCUT2D eigenvalue weighted by molar-refractivity contribution is 0.174. The molecule has 0 radical (unpaired) electrons. The molecule has 0 aromatic heterocycles. The second-order valence-electron chi connectivity index (χ2n) is 5.78. The van der Waals surface area contributed by atoms with Gasteiger partial charge in [-0.25, -0.2) is 0 Å². The Hall–Kier alpha value is -1.91. The van der Waals surface area contributed by atoms with E-state index in [1.54, 1.807) is 0 Å². The molecule has 1 aromatic carbocycles. The van der Waals surface area contributed by atoms with Crippen molar-refractivity contribution in [3.05, 3.63) is 23.8 Å². The number of piperidine rings is 1. The Bertz CT molecular complexity index is 530. The third kappa shape index (κ3) is 3.23. The number of nitrogens with zero attached hydrogens (tertiary/aromatic N) is 2. The van der Waals surface area contributed by atoms with E-state index < -0.39 is 0 Å². The lowest BCUT2D eigenvalue weighted by atomic mass is 10.0. The monoisotopic (exact) mass is 289 g/mol. The van der Waals surface area contributed by atoms with Gasteiger partial charge in [-0.05, 0) is 36.5 Å². The normalized spacial score (nSPS) is 21.5. The summed E-state index contributed by atoms with van der Waals surface area (Å²) in [6.07, 6.45) is 2.56. The number of likely N-dealkylation sites (tertiary alicyclic amines) is 1. The molecule has 114 valence electrons. The molecule has 1 N–H and O–H groups in total. The van der Waals surface area contributed by atoms with Crippen LogP contribution in [0.3, 0.4) is 0 Å². The number of nitrogens with one attached hydrogen (secondary N) is 1. The van der Waals surface area contributed by atoms with Crippen molar-refractivity contribution in [3.63, 3.8) is 0 Å². The van der Waals surface area contributed by atoms with E-state index in [0.29, 0.717) is 6.79 Å². The molecular weight excluding hydrogens is 266 g/mol. The van der Waals surface area contributed by atoms with E-state index in [1.165, 1.54) is 18.4 Å². The minimum Gasteiger partial charge on any atom is -0.454 e. The Kier molecular flexibility index (Phi) is 4.18. The SMILES string of the molecule is CN=C(NCc1ccc2c(c1)OCO2)N1CCCC(C)C1. The van der Waals surface area contributed by atoms with Gasteiger partial charge in [-0.15, -0.1) is 0 Å². The summed E-state index contributed by atoms with van der Waals surface area (Å²) in [5, 5.41) is 3.45. The zero-order valence-corrected chi connectivity index (χ0v) is 12.8. The third-order valence-corrected chi connectivity index (χ3v) is 4.06. The molecule has 1 atom stereocenters. The molecule has 1 unspecified atom stereocenters. The van der Waals surface area contributed by atoms with E-state index in [2.05, 4.69) is 28.2 Å². The molecule has 0 bridgehead atoms. The lowest BCUT2D eigenvalue weighted by Crippen LogP contribution is -2.45. The van der Waals surface area contributed by atoms with E-state index in [-0.39, 0.29) is 0 Å². The second kappa shape index (κ2) is 6.24. The molecule has 21 heavy (non-hydrogen) atoms. The van der Waals surface area contributed by atoms with Crippen LogP contribution >= 0.6 is 0 Å². The predicted molar refractivity (Wildman–Crippen MR) is 82.7 cm³/mol. The number of hydrogen-bond donors (Lipinski definition) is 1. The van der Waals surface area contributed by atoms with Gasteiger partial charge in [-0.1, -0.05) is 13.0 Å². The van der Waals surface area contributed by atoms with Crippen molar-refractivity contribution >= 4 is 5.96 Å². The lowest BCUT2D eigenvalue weighted by Gasteiger charge is -2.33. The van der Waals surface area contributed by atoms with Gasteiger partial charge in [0.2, 0.25) is 6.79 Å². The van der Waals surface area contributed by atoms with Gasteiger partial charge in [0.05, 0.1) is 0 Å². The quantitative estimate of drug-likeness (QED) is 0.670. The molecule has 0 amide bonds. The van der Waals surface area contributed by atoms with Crippen molar-refractivity contribution < 1.29 is 9.47 Å². The summed E-state index contributed by atoms with van der Waals surface area (Å²) >= 11 is 0. The largest absolute Gasteiger partial charge is 0.454 e. The van der Waals surface area contributed by atoms with Gasteiger partial charge in [-0.3, -0.25) is 4.99 Å². The van der Waals surface area contributed by atoms with Gasteiger partial charge in [0.15, 0.2) is 17.5 Å². The highest BCUT2D eigenvalue weighted by molar-refractivity contribution is 5.80. The Morgan fingerprint density at radius 2 is 2.24 bits per heavy atom. The Labute approximate surface area is 126 Å². The van der Waals surface area contributed by atoms with E-state index in [4.69, 9.17) is 9.47 Å². The molecule has 2 heterocycles. The number of benzene rings is 1. The van der Waals surface area contributed by atoms with Gasteiger partial charge in [0.25, 0.3) is 0 Å². The maximum absolute atomic E-state index is 5.41. The molecule has 2 aliphatic rings. The molecule has 0 spiro atoms. The van der Waals surface area contributed by atoms with Crippen LogP contribution in [0.15, 0.2) is 23.2 Å². The van der Waals surface area contributed by atoms with E-state index >= 15 is 0 Å². The van der Waals surface area contributed by atoms with E-state index in [0.717, 1.165) is 43.0 Å². The van der Waals surface area contributed by atoms with Crippen LogP contribution in [0.4, 0.5) is 0 Å². The number of hydrogen-bond acceptors (Lipinski definition) is 3. The van der Waals surface area contributed by atoms with Crippen molar-refractivity contribution in [2.24, 2.45) is 10.9 Å². The van der Waals surface area contributed by atoms with Crippen LogP contribution in [-0.2, 0) is 6.54 Å². The van der Waals surface area contributed by atoms with Gasteiger partial charge < -0.3 is 19.7 Å². The van der Waals surface area contributed by atoms with Crippen molar-refractivity contribution in [2.75, 3.05) is 26.9 Å². The van der Waals surface area contributed by atoms with Crippen LogP contribution in [-0.4, -0.2) is 37.8 Å². The molecule has 5 heteroatoms. The summed E-state index contributed by atoms with van der Waals surface area (Å²) in [5.74, 6) is 3.38. The molecule has 0 saturated carbocycles. The highest BCUT2D eigenvalue weighted by Gasteiger charge is 2.19. The fourth-order valence-electron chi connectivity index (χ4n) is 2.95. The molecule has 1 aromatic rings. The Morgan fingerprint density at radius 1 is 1.38 bits per heavy atom. The van der Waals surface area contributed by atoms with E-state index in [9.17, 15) is 0 Å². The molecule has 5 nitrogen and oxygen atoms in total. The minimum atomic E-state index is 0.319. The van der Waals surface area contributed by atoms with Crippen LogP contribution < -0.4 is 14.8 Å². The smallest absolute Gasteiger partial charge is 0.231 e. The first-order valence-corrected chi connectivity index (χ1v) is 7.60. The average molecular weight is 289 g/mol. The summed E-state index contributed by atoms with van der Waals surface area (Å²) in [6, 6.07) is 6.05. The van der Waals surface area contributed by atoms with Crippen LogP contribution in [0, 0.1) is 5.92 Å². The first-order valence-electron chi connectivity index (χ1n) is 7.60. The second-order valence-corrected chi connectivity index (χ2v) is 5.78. The van der Waals surface area contributed by atoms with Crippen LogP contribution in [0.2, 0.25) is 0 Å². The van der Waals surface area contributed by atoms with E-state index in [1.807, 2.05) is 19.2 Å². The zero-order valence-electron chi connectivity index (χ0n) is 12.8. The van der Waals surface area contributed by atoms with Gasteiger partial charge in [-0.2, -0.15) is 0 Å². The predicted octanol–water partition coefficient (Wildman–Crippen LogP) is 2.22. The van der Waals surface area contributed by atoms with Gasteiger partial charge >= 0.3 is 0 Å². The van der Waals surface area contributed by atoms with Gasteiger partial charge in [0.1, 0.15) is 0 Å². The Morgan fingerprint density at radius 3 is 3.05 bits per heavy atom. The van der Waals surface area contributed by atoms with Crippen molar-refractivity contribution in [3.8, 4) is 11.5 Å². The topological polar surface area (TPSA) is 46.1 Å². The molecule has 1 fully saturated rings. The number of ether oxygens (including phenoxy) is 2. The standard InChI is InChI=1S/C16H23N3O2/c1-12-4-3-7-19(10-12)16(17-2)18-9-13-5-6-14-15(8-13)21-11-20-14/h5-6,8,12H,3-4,7,9-11H2,1-2H3,(H,17,18). The minimum absolute atomic E-state index is 0.319. The summed E-state index contributed by atoms with van der Waals surface area (Å²) in [4.78, 5) is 6.76. The van der Waals surface area contributed by atoms with Crippen LogP contribution in [0.5, 0.6) is 11.5 Å². The van der Waals surface area contributed by atoms with Crippen molar-refractivity contribution in [2.45, 2.75) is 26.3 Å². The number of guanidine groups is 1. The first-order chi connectivity index (χ1) is 10.3. The molecule has 3 rings (SSSR count). The summed E-state index contributed by atoms with van der Waals surface area (Å²) in [6.45, 7) is 5.54. The maximum atomic E-state index is 5.41. The van der Waals surface area contributed by atoms with Gasteiger partial charge in [0, 0.05) is 26.7 Å². The summed E-state index contributed by atoms with van der Waals surface area (Å²) in [5.41, 5.74) is 1.17. The number of rotatable bonds is 2. The third-order valence-electron chi connectivity index (χ3n) is 4.06. The Balaban J connectivity index is 1.60. The fraction of sp³-hybridized carbons (Fsp3) is 0.562. The molecule has 2 aliphatic heterocycles.